The van der Waals surface area contributed by atoms with Crippen molar-refractivity contribution in [1.29, 1.82) is 0 Å². The number of aromatic hydroxyl groups is 1. The highest BCUT2D eigenvalue weighted by Gasteiger charge is 2.40. The average Bonchev–Trinajstić information content (AvgIpc) is 2.79. The molecule has 108 valence electrons. The summed E-state index contributed by atoms with van der Waals surface area (Å²) in [5.74, 6) is -0.978. The van der Waals surface area contributed by atoms with E-state index in [4.69, 9.17) is 0 Å². The molecule has 1 aliphatic rings. The molecule has 0 bridgehead atoms. The van der Waals surface area contributed by atoms with Gasteiger partial charge in [0.15, 0.2) is 0 Å². The fourth-order valence-electron chi connectivity index (χ4n) is 2.54. The minimum absolute atomic E-state index is 0.0611. The molecule has 1 fully saturated rings. The molecule has 1 heterocycles. The maximum atomic E-state index is 12.4. The molecule has 0 radical (unpaired) electrons. The van der Waals surface area contributed by atoms with Gasteiger partial charge in [0.1, 0.15) is 11.8 Å². The molecule has 2 N–H and O–H groups in total. The van der Waals surface area contributed by atoms with Gasteiger partial charge in [-0.3, -0.25) is 4.90 Å². The number of urea groups is 1. The zero-order valence-corrected chi connectivity index (χ0v) is 11.5. The minimum atomic E-state index is -0.979. The van der Waals surface area contributed by atoms with Crippen LogP contribution >= 0.6 is 0 Å². The number of rotatable bonds is 2. The largest absolute Gasteiger partial charge is 0.508 e. The monoisotopic (exact) mass is 278 g/mol. The van der Waals surface area contributed by atoms with Gasteiger partial charge in [0.05, 0.1) is 0 Å². The van der Waals surface area contributed by atoms with Gasteiger partial charge in [0.25, 0.3) is 0 Å². The number of carbonyl (C=O) groups is 2. The van der Waals surface area contributed by atoms with Crippen LogP contribution in [0.25, 0.3) is 0 Å². The first-order valence-corrected chi connectivity index (χ1v) is 6.48. The molecule has 0 saturated carbocycles. The Morgan fingerprint density at radius 1 is 1.40 bits per heavy atom. The maximum Gasteiger partial charge on any atom is 0.326 e. The zero-order chi connectivity index (χ0) is 14.9. The van der Waals surface area contributed by atoms with Crippen LogP contribution < -0.4 is 4.90 Å². The van der Waals surface area contributed by atoms with Crippen molar-refractivity contribution < 1.29 is 19.8 Å². The van der Waals surface area contributed by atoms with Crippen LogP contribution in [0.4, 0.5) is 10.5 Å². The Hall–Kier alpha value is -2.24. The first kappa shape index (κ1) is 14.2. The first-order chi connectivity index (χ1) is 9.41. The molecular weight excluding hydrogens is 260 g/mol. The predicted octanol–water partition coefficient (Wildman–Crippen LogP) is 1.74. The van der Waals surface area contributed by atoms with Gasteiger partial charge >= 0.3 is 12.0 Å². The van der Waals surface area contributed by atoms with Gasteiger partial charge < -0.3 is 15.1 Å². The lowest BCUT2D eigenvalue weighted by Crippen LogP contribution is -2.48. The summed E-state index contributed by atoms with van der Waals surface area (Å²) in [4.78, 5) is 26.4. The van der Waals surface area contributed by atoms with E-state index < -0.39 is 12.0 Å². The van der Waals surface area contributed by atoms with Crippen LogP contribution in [0.1, 0.15) is 13.3 Å². The second kappa shape index (κ2) is 5.40. The lowest BCUT2D eigenvalue weighted by Gasteiger charge is -2.28. The zero-order valence-electron chi connectivity index (χ0n) is 11.5. The Bertz CT molecular complexity index is 532. The van der Waals surface area contributed by atoms with Gasteiger partial charge in [0.2, 0.25) is 0 Å². The number of nitrogens with zero attached hydrogens (tertiary/aromatic N) is 2. The Balaban J connectivity index is 2.20. The van der Waals surface area contributed by atoms with Crippen molar-refractivity contribution in [1.82, 2.24) is 4.90 Å². The molecular formula is C14H18N2O4. The van der Waals surface area contributed by atoms with E-state index in [-0.39, 0.29) is 17.7 Å². The second-order valence-electron chi connectivity index (χ2n) is 5.10. The number of hydrogen-bond donors (Lipinski definition) is 2. The quantitative estimate of drug-likeness (QED) is 0.863. The van der Waals surface area contributed by atoms with Crippen molar-refractivity contribution in [2.24, 2.45) is 5.92 Å². The van der Waals surface area contributed by atoms with E-state index >= 15 is 0 Å². The van der Waals surface area contributed by atoms with Gasteiger partial charge in [0, 0.05) is 25.3 Å². The SMILES string of the molecule is CC1CCN(C(=O)N(C)c2cccc(O)c2)C1C(=O)O. The molecule has 0 aromatic heterocycles. The van der Waals surface area contributed by atoms with Crippen molar-refractivity contribution >= 4 is 17.7 Å². The van der Waals surface area contributed by atoms with Crippen LogP contribution in [0.15, 0.2) is 24.3 Å². The van der Waals surface area contributed by atoms with Crippen molar-refractivity contribution in [3.63, 3.8) is 0 Å². The van der Waals surface area contributed by atoms with Crippen molar-refractivity contribution in [2.75, 3.05) is 18.5 Å². The molecule has 1 aromatic rings. The van der Waals surface area contributed by atoms with E-state index in [0.29, 0.717) is 18.7 Å². The molecule has 2 amide bonds. The summed E-state index contributed by atoms with van der Waals surface area (Å²) in [6.45, 7) is 2.26. The van der Waals surface area contributed by atoms with E-state index in [2.05, 4.69) is 0 Å². The standard InChI is InChI=1S/C14H18N2O4/c1-9-6-7-16(12(9)13(18)19)14(20)15(2)10-4-3-5-11(17)8-10/h3-5,8-9,12,17H,6-7H2,1-2H3,(H,18,19). The van der Waals surface area contributed by atoms with Crippen LogP contribution in [-0.4, -0.2) is 46.7 Å². The summed E-state index contributed by atoms with van der Waals surface area (Å²) in [6, 6.07) is 5.14. The normalized spacial score (nSPS) is 21.8. The minimum Gasteiger partial charge on any atom is -0.508 e. The average molecular weight is 278 g/mol. The molecule has 6 heteroatoms. The number of phenolic OH excluding ortho intramolecular Hbond substituents is 1. The number of carboxylic acid groups (broad SMARTS) is 1. The van der Waals surface area contributed by atoms with Crippen LogP contribution in [-0.2, 0) is 4.79 Å². The van der Waals surface area contributed by atoms with E-state index in [9.17, 15) is 19.8 Å². The number of benzene rings is 1. The summed E-state index contributed by atoms with van der Waals surface area (Å²) >= 11 is 0. The molecule has 2 rings (SSSR count). The van der Waals surface area contributed by atoms with Gasteiger partial charge in [-0.25, -0.2) is 9.59 Å². The van der Waals surface area contributed by atoms with E-state index in [1.165, 1.54) is 21.9 Å². The fraction of sp³-hybridized carbons (Fsp3) is 0.429. The number of carboxylic acids is 1. The number of amides is 2. The molecule has 1 aromatic carbocycles. The van der Waals surface area contributed by atoms with E-state index in [1.54, 1.807) is 19.2 Å². The van der Waals surface area contributed by atoms with Gasteiger partial charge in [-0.1, -0.05) is 13.0 Å². The molecule has 1 saturated heterocycles. The van der Waals surface area contributed by atoms with Gasteiger partial charge in [-0.2, -0.15) is 0 Å². The molecule has 0 aliphatic carbocycles. The van der Waals surface area contributed by atoms with Crippen LogP contribution in [0, 0.1) is 5.92 Å². The summed E-state index contributed by atoms with van der Waals surface area (Å²) in [7, 11) is 1.57. The van der Waals surface area contributed by atoms with Crippen LogP contribution in [0.5, 0.6) is 5.75 Å². The molecule has 2 unspecified atom stereocenters. The first-order valence-electron chi connectivity index (χ1n) is 6.48. The molecule has 6 nitrogen and oxygen atoms in total. The lowest BCUT2D eigenvalue weighted by atomic mass is 10.0. The highest BCUT2D eigenvalue weighted by molar-refractivity contribution is 5.94. The molecule has 2 atom stereocenters. The lowest BCUT2D eigenvalue weighted by molar-refractivity contribution is -0.142. The summed E-state index contributed by atoms with van der Waals surface area (Å²) in [5, 5.41) is 18.7. The number of anilines is 1. The number of aliphatic carboxylic acids is 1. The summed E-state index contributed by atoms with van der Waals surface area (Å²) in [5.41, 5.74) is 0.527. The number of carbonyl (C=O) groups excluding carboxylic acids is 1. The second-order valence-corrected chi connectivity index (χ2v) is 5.10. The summed E-state index contributed by atoms with van der Waals surface area (Å²) in [6.07, 6.45) is 0.677. The Morgan fingerprint density at radius 3 is 2.70 bits per heavy atom. The smallest absolute Gasteiger partial charge is 0.326 e. The fourth-order valence-corrected chi connectivity index (χ4v) is 2.54. The van der Waals surface area contributed by atoms with Crippen molar-refractivity contribution in [3.05, 3.63) is 24.3 Å². The number of phenols is 1. The van der Waals surface area contributed by atoms with Crippen molar-refractivity contribution in [3.8, 4) is 5.75 Å². The maximum absolute atomic E-state index is 12.4. The van der Waals surface area contributed by atoms with E-state index in [0.717, 1.165) is 0 Å². The number of likely N-dealkylation sites (tertiary alicyclic amines) is 1. The summed E-state index contributed by atoms with van der Waals surface area (Å²) < 4.78 is 0. The topological polar surface area (TPSA) is 81.1 Å². The Morgan fingerprint density at radius 2 is 2.10 bits per heavy atom. The third-order valence-electron chi connectivity index (χ3n) is 3.70. The highest BCUT2D eigenvalue weighted by atomic mass is 16.4. The van der Waals surface area contributed by atoms with Crippen molar-refractivity contribution in [2.45, 2.75) is 19.4 Å². The van der Waals surface area contributed by atoms with Crippen LogP contribution in [0.2, 0.25) is 0 Å². The predicted molar refractivity (Wildman–Crippen MR) is 73.8 cm³/mol. The third-order valence-corrected chi connectivity index (χ3v) is 3.70. The number of hydrogen-bond acceptors (Lipinski definition) is 3. The Kier molecular flexibility index (Phi) is 3.83. The van der Waals surface area contributed by atoms with Gasteiger partial charge in [-0.15, -0.1) is 0 Å². The van der Waals surface area contributed by atoms with Crippen LogP contribution in [0.3, 0.4) is 0 Å². The Labute approximate surface area is 117 Å². The molecule has 0 spiro atoms. The molecule has 20 heavy (non-hydrogen) atoms. The van der Waals surface area contributed by atoms with Gasteiger partial charge in [-0.05, 0) is 24.5 Å². The highest BCUT2D eigenvalue weighted by Crippen LogP contribution is 2.27. The molecule has 1 aliphatic heterocycles. The third kappa shape index (κ3) is 2.54. The van der Waals surface area contributed by atoms with E-state index in [1.807, 2.05) is 6.92 Å².